The highest BCUT2D eigenvalue weighted by Gasteiger charge is 2.29. The largest absolute Gasteiger partial charge is 0.265 e. The second kappa shape index (κ2) is 6.57. The van der Waals surface area contributed by atoms with Crippen LogP contribution >= 0.6 is 15.9 Å². The van der Waals surface area contributed by atoms with Gasteiger partial charge in [-0.2, -0.15) is 5.10 Å². The number of benzene rings is 2. The molecule has 0 bridgehead atoms. The maximum absolute atomic E-state index is 4.92. The first-order valence-corrected chi connectivity index (χ1v) is 8.68. The number of pyridine rings is 1. The molecule has 1 atom stereocenters. The molecule has 4 heteroatoms. The third kappa shape index (κ3) is 2.97. The molecule has 24 heavy (non-hydrogen) atoms. The first kappa shape index (κ1) is 15.1. The summed E-state index contributed by atoms with van der Waals surface area (Å²) in [5.74, 6) is 0. The summed E-state index contributed by atoms with van der Waals surface area (Å²) < 4.78 is 1.09. The van der Waals surface area contributed by atoms with Crippen molar-refractivity contribution in [2.75, 3.05) is 5.01 Å². The van der Waals surface area contributed by atoms with Crippen LogP contribution in [0.2, 0.25) is 0 Å². The van der Waals surface area contributed by atoms with Crippen LogP contribution in [0.3, 0.4) is 0 Å². The second-order valence-electron chi connectivity index (χ2n) is 5.73. The van der Waals surface area contributed by atoms with Gasteiger partial charge in [0.05, 0.1) is 17.4 Å². The van der Waals surface area contributed by atoms with Gasteiger partial charge in [-0.05, 0) is 42.0 Å². The van der Waals surface area contributed by atoms with E-state index in [1.165, 1.54) is 5.56 Å². The number of nitrogens with zero attached hydrogens (tertiary/aromatic N) is 3. The van der Waals surface area contributed by atoms with Crippen LogP contribution < -0.4 is 5.01 Å². The van der Waals surface area contributed by atoms with Gasteiger partial charge in [-0.25, -0.2) is 0 Å². The van der Waals surface area contributed by atoms with E-state index in [2.05, 4.69) is 62.3 Å². The zero-order valence-corrected chi connectivity index (χ0v) is 14.6. The molecule has 1 aliphatic heterocycles. The molecule has 0 aliphatic carbocycles. The van der Waals surface area contributed by atoms with E-state index < -0.39 is 0 Å². The first-order valence-electron chi connectivity index (χ1n) is 7.89. The number of hydrogen-bond donors (Lipinski definition) is 0. The molecule has 1 aliphatic rings. The highest BCUT2D eigenvalue weighted by atomic mass is 79.9. The third-order valence-electron chi connectivity index (χ3n) is 4.20. The fraction of sp³-hybridized carbons (Fsp3) is 0.100. The van der Waals surface area contributed by atoms with E-state index in [-0.39, 0.29) is 6.04 Å². The number of anilines is 1. The molecule has 0 radical (unpaired) electrons. The van der Waals surface area contributed by atoms with E-state index in [9.17, 15) is 0 Å². The van der Waals surface area contributed by atoms with E-state index in [1.807, 2.05) is 42.7 Å². The fourth-order valence-electron chi connectivity index (χ4n) is 2.99. The number of hydrazone groups is 1. The maximum atomic E-state index is 4.92. The highest BCUT2D eigenvalue weighted by Crippen LogP contribution is 2.36. The van der Waals surface area contributed by atoms with E-state index >= 15 is 0 Å². The average Bonchev–Trinajstić information content (AvgIpc) is 3.09. The van der Waals surface area contributed by atoms with Gasteiger partial charge in [0.2, 0.25) is 0 Å². The number of para-hydroxylation sites is 1. The Morgan fingerprint density at radius 3 is 2.29 bits per heavy atom. The van der Waals surface area contributed by atoms with Gasteiger partial charge >= 0.3 is 0 Å². The summed E-state index contributed by atoms with van der Waals surface area (Å²) in [6, 6.07) is 23.1. The summed E-state index contributed by atoms with van der Waals surface area (Å²) in [4.78, 5) is 4.11. The van der Waals surface area contributed by atoms with Crippen molar-refractivity contribution < 1.29 is 0 Å². The molecular weight excluding hydrogens is 362 g/mol. The van der Waals surface area contributed by atoms with Gasteiger partial charge in [-0.1, -0.05) is 46.3 Å². The Morgan fingerprint density at radius 2 is 1.58 bits per heavy atom. The molecule has 2 heterocycles. The van der Waals surface area contributed by atoms with Crippen LogP contribution in [0.1, 0.15) is 23.6 Å². The molecule has 2 aromatic carbocycles. The molecule has 1 aromatic heterocycles. The van der Waals surface area contributed by atoms with Gasteiger partial charge in [-0.15, -0.1) is 0 Å². The standard InChI is InChI=1S/C20H16BrN3/c21-17-8-6-16(7-9-17)20-14-19(15-10-12-22-13-11-15)23-24(20)18-4-2-1-3-5-18/h1-13,20H,14H2/t20-/m1/s1. The summed E-state index contributed by atoms with van der Waals surface area (Å²) in [7, 11) is 0. The Hall–Kier alpha value is -2.46. The smallest absolute Gasteiger partial charge is 0.0831 e. The molecule has 0 unspecified atom stereocenters. The number of aromatic nitrogens is 1. The van der Waals surface area contributed by atoms with Crippen LogP contribution in [-0.2, 0) is 0 Å². The van der Waals surface area contributed by atoms with Crippen LogP contribution in [0, 0.1) is 0 Å². The van der Waals surface area contributed by atoms with Crippen molar-refractivity contribution in [1.82, 2.24) is 4.98 Å². The highest BCUT2D eigenvalue weighted by molar-refractivity contribution is 9.10. The van der Waals surface area contributed by atoms with Crippen molar-refractivity contribution in [1.29, 1.82) is 0 Å². The Bertz CT molecular complexity index is 845. The van der Waals surface area contributed by atoms with Crippen molar-refractivity contribution >= 4 is 27.3 Å². The summed E-state index contributed by atoms with van der Waals surface area (Å²) in [5.41, 5.74) is 4.59. The van der Waals surface area contributed by atoms with Gasteiger partial charge < -0.3 is 0 Å². The van der Waals surface area contributed by atoms with E-state index in [1.54, 1.807) is 0 Å². The maximum Gasteiger partial charge on any atom is 0.0831 e. The van der Waals surface area contributed by atoms with Crippen LogP contribution in [-0.4, -0.2) is 10.7 Å². The quantitative estimate of drug-likeness (QED) is 0.627. The lowest BCUT2D eigenvalue weighted by Crippen LogP contribution is -2.18. The summed E-state index contributed by atoms with van der Waals surface area (Å²) in [5, 5.41) is 7.04. The second-order valence-corrected chi connectivity index (χ2v) is 6.65. The van der Waals surface area contributed by atoms with Crippen LogP contribution in [0.5, 0.6) is 0 Å². The van der Waals surface area contributed by atoms with Crippen molar-refractivity contribution in [3.8, 4) is 0 Å². The molecule has 0 N–H and O–H groups in total. The number of halogens is 1. The lowest BCUT2D eigenvalue weighted by Gasteiger charge is -2.24. The molecule has 0 fully saturated rings. The fourth-order valence-corrected chi connectivity index (χ4v) is 3.26. The van der Waals surface area contributed by atoms with Gasteiger partial charge in [0.1, 0.15) is 0 Å². The molecule has 0 saturated carbocycles. The molecule has 0 spiro atoms. The van der Waals surface area contributed by atoms with E-state index in [4.69, 9.17) is 5.10 Å². The van der Waals surface area contributed by atoms with Gasteiger partial charge in [0, 0.05) is 28.9 Å². The van der Waals surface area contributed by atoms with Crippen LogP contribution in [0.15, 0.2) is 88.7 Å². The Labute approximate surface area is 149 Å². The molecule has 118 valence electrons. The monoisotopic (exact) mass is 377 g/mol. The Balaban J connectivity index is 1.74. The van der Waals surface area contributed by atoms with E-state index in [0.717, 1.165) is 27.9 Å². The number of hydrogen-bond acceptors (Lipinski definition) is 3. The third-order valence-corrected chi connectivity index (χ3v) is 4.73. The molecule has 3 nitrogen and oxygen atoms in total. The Morgan fingerprint density at radius 1 is 0.875 bits per heavy atom. The summed E-state index contributed by atoms with van der Waals surface area (Å²) in [6.07, 6.45) is 4.51. The van der Waals surface area contributed by atoms with Crippen molar-refractivity contribution in [3.63, 3.8) is 0 Å². The topological polar surface area (TPSA) is 28.5 Å². The molecule has 3 aromatic rings. The minimum Gasteiger partial charge on any atom is -0.265 e. The van der Waals surface area contributed by atoms with Crippen LogP contribution in [0.4, 0.5) is 5.69 Å². The van der Waals surface area contributed by atoms with Gasteiger partial charge in [0.15, 0.2) is 0 Å². The van der Waals surface area contributed by atoms with E-state index in [0.29, 0.717) is 0 Å². The SMILES string of the molecule is Brc1ccc([C@H]2CC(c3ccncc3)=NN2c2ccccc2)cc1. The number of rotatable bonds is 3. The average molecular weight is 378 g/mol. The summed E-state index contributed by atoms with van der Waals surface area (Å²) >= 11 is 3.51. The molecule has 0 amide bonds. The predicted octanol–water partition coefficient (Wildman–Crippen LogP) is 5.20. The molecule has 4 rings (SSSR count). The predicted molar refractivity (Wildman–Crippen MR) is 101 cm³/mol. The zero-order valence-electron chi connectivity index (χ0n) is 13.0. The normalized spacial score (nSPS) is 17.0. The van der Waals surface area contributed by atoms with Gasteiger partial charge in [-0.3, -0.25) is 9.99 Å². The van der Waals surface area contributed by atoms with Crippen molar-refractivity contribution in [3.05, 3.63) is 94.7 Å². The van der Waals surface area contributed by atoms with Gasteiger partial charge in [0.25, 0.3) is 0 Å². The Kier molecular flexibility index (Phi) is 4.13. The lowest BCUT2D eigenvalue weighted by atomic mass is 9.99. The molecule has 0 saturated heterocycles. The first-order chi connectivity index (χ1) is 11.8. The summed E-state index contributed by atoms with van der Waals surface area (Å²) in [6.45, 7) is 0. The van der Waals surface area contributed by atoms with Crippen LogP contribution in [0.25, 0.3) is 0 Å². The minimum absolute atomic E-state index is 0.198. The zero-order chi connectivity index (χ0) is 16.4. The molecular formula is C20H16BrN3. The van der Waals surface area contributed by atoms with Crippen molar-refractivity contribution in [2.45, 2.75) is 12.5 Å². The minimum atomic E-state index is 0.198. The lowest BCUT2D eigenvalue weighted by molar-refractivity contribution is 0.709. The van der Waals surface area contributed by atoms with Crippen molar-refractivity contribution in [2.24, 2.45) is 5.10 Å².